The Morgan fingerprint density at radius 1 is 1.52 bits per heavy atom. The zero-order valence-electron chi connectivity index (χ0n) is 12.0. The van der Waals surface area contributed by atoms with E-state index in [2.05, 4.69) is 20.8 Å². The van der Waals surface area contributed by atoms with Crippen LogP contribution in [0.5, 0.6) is 0 Å². The minimum absolute atomic E-state index is 0.152. The number of rotatable bonds is 6. The number of amides is 1. The Balaban J connectivity index is 2.08. The molecule has 1 heterocycles. The third kappa shape index (κ3) is 3.83. The van der Waals surface area contributed by atoms with E-state index in [0.717, 1.165) is 5.56 Å². The maximum Gasteiger partial charge on any atom is 0.227 e. The first-order valence-corrected chi connectivity index (χ1v) is 6.49. The van der Waals surface area contributed by atoms with Crippen LogP contribution in [-0.4, -0.2) is 45.9 Å². The number of anilines is 1. The largest absolute Gasteiger partial charge is 0.380 e. The molecule has 0 spiro atoms. The number of nitrogens with one attached hydrogen (secondary N) is 1. The molecule has 0 aliphatic rings. The molecular weight excluding hydrogens is 272 g/mol. The van der Waals surface area contributed by atoms with Crippen molar-refractivity contribution in [1.82, 2.24) is 20.2 Å². The van der Waals surface area contributed by atoms with Crippen LogP contribution in [-0.2, 0) is 16.6 Å². The van der Waals surface area contributed by atoms with Gasteiger partial charge in [0.15, 0.2) is 5.82 Å². The maximum absolute atomic E-state index is 11.9. The maximum atomic E-state index is 11.9. The first kappa shape index (κ1) is 15.1. The molecule has 3 N–H and O–H groups in total. The smallest absolute Gasteiger partial charge is 0.227 e. The second-order valence-corrected chi connectivity index (χ2v) is 4.55. The number of hydrogen-bond donors (Lipinski definition) is 2. The molecule has 112 valence electrons. The monoisotopic (exact) mass is 290 g/mol. The van der Waals surface area contributed by atoms with Gasteiger partial charge in [0.25, 0.3) is 0 Å². The molecule has 1 aromatic carbocycles. The molecule has 0 aliphatic heterocycles. The normalized spacial score (nSPS) is 12.1. The van der Waals surface area contributed by atoms with E-state index in [4.69, 9.17) is 10.5 Å². The van der Waals surface area contributed by atoms with Gasteiger partial charge in [0.05, 0.1) is 12.5 Å². The average molecular weight is 290 g/mol. The molecule has 1 atom stereocenters. The summed E-state index contributed by atoms with van der Waals surface area (Å²) in [7, 11) is 3.29. The molecule has 0 bridgehead atoms. The average Bonchev–Trinajstić information content (AvgIpc) is 2.91. The quantitative estimate of drug-likeness (QED) is 0.785. The highest BCUT2D eigenvalue weighted by atomic mass is 16.5. The zero-order valence-corrected chi connectivity index (χ0v) is 12.0. The highest BCUT2D eigenvalue weighted by Crippen LogP contribution is 2.19. The predicted molar refractivity (Wildman–Crippen MR) is 77.3 cm³/mol. The number of aromatic nitrogens is 4. The van der Waals surface area contributed by atoms with Crippen LogP contribution in [0, 0.1) is 0 Å². The summed E-state index contributed by atoms with van der Waals surface area (Å²) in [6.45, 7) is 0.300. The third-order valence-electron chi connectivity index (χ3n) is 3.03. The van der Waals surface area contributed by atoms with Gasteiger partial charge in [-0.25, -0.2) is 4.68 Å². The number of aryl methyl sites for hydroxylation is 1. The fourth-order valence-electron chi connectivity index (χ4n) is 1.89. The fourth-order valence-corrected chi connectivity index (χ4v) is 1.89. The standard InChI is InChI=1S/C13H18N6O2/c1-19-13(16-17-18-19)9-4-3-5-10(6-9)15-12(20)7-11(8-14)21-2/h3-6,11H,7-8,14H2,1-2H3,(H,15,20). The Hall–Kier alpha value is -2.32. The van der Waals surface area contributed by atoms with Gasteiger partial charge in [-0.15, -0.1) is 5.10 Å². The van der Waals surface area contributed by atoms with Crippen molar-refractivity contribution in [3.8, 4) is 11.4 Å². The van der Waals surface area contributed by atoms with Gasteiger partial charge in [0.2, 0.25) is 5.91 Å². The van der Waals surface area contributed by atoms with Crippen LogP contribution in [0.4, 0.5) is 5.69 Å². The summed E-state index contributed by atoms with van der Waals surface area (Å²) >= 11 is 0. The molecule has 8 heteroatoms. The number of methoxy groups -OCH3 is 1. The van der Waals surface area contributed by atoms with Crippen LogP contribution in [0.3, 0.4) is 0 Å². The molecular formula is C13H18N6O2. The number of benzene rings is 1. The van der Waals surface area contributed by atoms with Crippen LogP contribution in [0.15, 0.2) is 24.3 Å². The van der Waals surface area contributed by atoms with E-state index in [0.29, 0.717) is 18.1 Å². The first-order valence-electron chi connectivity index (χ1n) is 6.49. The second-order valence-electron chi connectivity index (χ2n) is 4.55. The molecule has 1 aromatic heterocycles. The van der Waals surface area contributed by atoms with E-state index < -0.39 is 0 Å². The number of carbonyl (C=O) groups excluding carboxylic acids is 1. The van der Waals surface area contributed by atoms with Crippen LogP contribution in [0.2, 0.25) is 0 Å². The van der Waals surface area contributed by atoms with E-state index in [-0.39, 0.29) is 18.4 Å². The van der Waals surface area contributed by atoms with Crippen molar-refractivity contribution in [3.05, 3.63) is 24.3 Å². The minimum atomic E-state index is -0.281. The lowest BCUT2D eigenvalue weighted by Gasteiger charge is -2.13. The van der Waals surface area contributed by atoms with Crippen molar-refractivity contribution in [2.75, 3.05) is 19.0 Å². The van der Waals surface area contributed by atoms with Gasteiger partial charge >= 0.3 is 0 Å². The fraction of sp³-hybridized carbons (Fsp3) is 0.385. The zero-order chi connectivity index (χ0) is 15.2. The van der Waals surface area contributed by atoms with Crippen molar-refractivity contribution in [3.63, 3.8) is 0 Å². The summed E-state index contributed by atoms with van der Waals surface area (Å²) in [6, 6.07) is 7.32. The van der Waals surface area contributed by atoms with Crippen LogP contribution >= 0.6 is 0 Å². The van der Waals surface area contributed by atoms with Crippen molar-refractivity contribution < 1.29 is 9.53 Å². The molecule has 0 saturated carbocycles. The minimum Gasteiger partial charge on any atom is -0.380 e. The van der Waals surface area contributed by atoms with E-state index in [1.54, 1.807) is 17.8 Å². The topological polar surface area (TPSA) is 108 Å². The summed E-state index contributed by atoms with van der Waals surface area (Å²) in [6.07, 6.45) is -0.0703. The summed E-state index contributed by atoms with van der Waals surface area (Å²) in [5.41, 5.74) is 7.00. The van der Waals surface area contributed by atoms with Gasteiger partial charge in [-0.2, -0.15) is 0 Å². The molecule has 0 radical (unpaired) electrons. The number of carbonyl (C=O) groups is 1. The lowest BCUT2D eigenvalue weighted by Crippen LogP contribution is -2.28. The van der Waals surface area contributed by atoms with Gasteiger partial charge < -0.3 is 15.8 Å². The second kappa shape index (κ2) is 6.91. The van der Waals surface area contributed by atoms with Crippen molar-refractivity contribution in [2.45, 2.75) is 12.5 Å². The molecule has 0 fully saturated rings. The molecule has 8 nitrogen and oxygen atoms in total. The Bertz CT molecular complexity index is 608. The number of tetrazole rings is 1. The number of nitrogens with zero attached hydrogens (tertiary/aromatic N) is 4. The Morgan fingerprint density at radius 3 is 2.95 bits per heavy atom. The van der Waals surface area contributed by atoms with Gasteiger partial charge in [-0.3, -0.25) is 4.79 Å². The summed E-state index contributed by atoms with van der Waals surface area (Å²) in [4.78, 5) is 11.9. The highest BCUT2D eigenvalue weighted by Gasteiger charge is 2.12. The van der Waals surface area contributed by atoms with E-state index >= 15 is 0 Å². The molecule has 1 unspecified atom stereocenters. The molecule has 0 saturated heterocycles. The highest BCUT2D eigenvalue weighted by molar-refractivity contribution is 5.91. The number of nitrogens with two attached hydrogens (primary N) is 1. The van der Waals surface area contributed by atoms with Crippen LogP contribution < -0.4 is 11.1 Å². The van der Waals surface area contributed by atoms with Crippen molar-refractivity contribution in [2.24, 2.45) is 12.8 Å². The lowest BCUT2D eigenvalue weighted by atomic mass is 10.1. The number of hydrogen-bond acceptors (Lipinski definition) is 6. The van der Waals surface area contributed by atoms with E-state index in [1.165, 1.54) is 7.11 Å². The lowest BCUT2D eigenvalue weighted by molar-refractivity contribution is -0.118. The van der Waals surface area contributed by atoms with Crippen molar-refractivity contribution in [1.29, 1.82) is 0 Å². The Labute approximate surface area is 122 Å². The van der Waals surface area contributed by atoms with E-state index in [1.807, 2.05) is 18.2 Å². The molecule has 0 aliphatic carbocycles. The van der Waals surface area contributed by atoms with Gasteiger partial charge in [-0.1, -0.05) is 12.1 Å². The third-order valence-corrected chi connectivity index (χ3v) is 3.03. The summed E-state index contributed by atoms with van der Waals surface area (Å²) < 4.78 is 6.66. The molecule has 21 heavy (non-hydrogen) atoms. The first-order chi connectivity index (χ1) is 10.1. The predicted octanol–water partition coefficient (Wildman–Crippen LogP) is 0.179. The van der Waals surface area contributed by atoms with E-state index in [9.17, 15) is 4.79 Å². The van der Waals surface area contributed by atoms with Crippen molar-refractivity contribution >= 4 is 11.6 Å². The SMILES string of the molecule is COC(CN)CC(=O)Nc1cccc(-c2nnnn2C)c1. The van der Waals surface area contributed by atoms with Crippen LogP contribution in [0.1, 0.15) is 6.42 Å². The van der Waals surface area contributed by atoms with Gasteiger partial charge in [0, 0.05) is 32.0 Å². The molecule has 2 rings (SSSR count). The number of ether oxygens (including phenoxy) is 1. The summed E-state index contributed by atoms with van der Waals surface area (Å²) in [5.74, 6) is 0.475. The van der Waals surface area contributed by atoms with Gasteiger partial charge in [-0.05, 0) is 22.6 Å². The van der Waals surface area contributed by atoms with Crippen LogP contribution in [0.25, 0.3) is 11.4 Å². The molecule has 2 aromatic rings. The van der Waals surface area contributed by atoms with Gasteiger partial charge in [0.1, 0.15) is 0 Å². The Morgan fingerprint density at radius 2 is 2.33 bits per heavy atom. The molecule has 1 amide bonds. The Kier molecular flexibility index (Phi) is 4.96. The summed E-state index contributed by atoms with van der Waals surface area (Å²) in [5, 5.41) is 14.1.